The van der Waals surface area contributed by atoms with Gasteiger partial charge in [-0.3, -0.25) is 0 Å². The Kier molecular flexibility index (Phi) is 4.62. The summed E-state index contributed by atoms with van der Waals surface area (Å²) in [5.74, 6) is -0.880. The second-order valence-electron chi connectivity index (χ2n) is 7.49. The third-order valence-electron chi connectivity index (χ3n) is 4.33. The molecule has 0 unspecified atom stereocenters. The van der Waals surface area contributed by atoms with Crippen LogP contribution in [0.15, 0.2) is 24.3 Å². The molecule has 1 fully saturated rings. The summed E-state index contributed by atoms with van der Waals surface area (Å²) in [6.07, 6.45) is -4.12. The highest BCUT2D eigenvalue weighted by Crippen LogP contribution is 2.36. The molecular formula is C18H22F3N3O2. The normalized spacial score (nSPS) is 16.9. The third-order valence-corrected chi connectivity index (χ3v) is 4.33. The number of nitrogens with zero attached hydrogens (tertiary/aromatic N) is 3. The van der Waals surface area contributed by atoms with Crippen LogP contribution in [0, 0.1) is 0 Å². The number of rotatable bonds is 1. The first-order valence-corrected chi connectivity index (χ1v) is 8.58. The van der Waals surface area contributed by atoms with Crippen LogP contribution in [-0.4, -0.2) is 39.2 Å². The number of fused-ring (bicyclic) bond motifs is 1. The molecule has 0 saturated carbocycles. The van der Waals surface area contributed by atoms with Crippen molar-refractivity contribution in [2.75, 3.05) is 13.1 Å². The van der Waals surface area contributed by atoms with E-state index in [0.717, 1.165) is 0 Å². The number of benzene rings is 1. The van der Waals surface area contributed by atoms with Crippen LogP contribution in [0.5, 0.6) is 0 Å². The van der Waals surface area contributed by atoms with Gasteiger partial charge in [0.1, 0.15) is 5.60 Å². The Hall–Kier alpha value is -2.25. The predicted molar refractivity (Wildman–Crippen MR) is 90.8 cm³/mol. The van der Waals surface area contributed by atoms with Crippen LogP contribution in [-0.2, 0) is 10.9 Å². The molecule has 2 aromatic rings. The summed E-state index contributed by atoms with van der Waals surface area (Å²) < 4.78 is 47.0. The first kappa shape index (κ1) is 18.5. The lowest BCUT2D eigenvalue weighted by Crippen LogP contribution is -2.42. The van der Waals surface area contributed by atoms with Gasteiger partial charge in [0, 0.05) is 19.1 Å². The van der Waals surface area contributed by atoms with Crippen molar-refractivity contribution in [1.29, 1.82) is 0 Å². The van der Waals surface area contributed by atoms with Gasteiger partial charge in [-0.15, -0.1) is 0 Å². The Morgan fingerprint density at radius 2 is 1.77 bits per heavy atom. The zero-order valence-corrected chi connectivity index (χ0v) is 15.0. The van der Waals surface area contributed by atoms with E-state index >= 15 is 0 Å². The molecule has 1 aliphatic heterocycles. The highest BCUT2D eigenvalue weighted by Gasteiger charge is 2.40. The standard InChI is InChI=1S/C18H22F3N3O2/c1-17(2,3)26-16(25)23-10-8-12(9-11-23)24-14-7-5-4-6-13(14)22-15(24)18(19,20)21/h4-7,12H,8-11H2,1-3H3. The molecule has 1 aliphatic rings. The SMILES string of the molecule is CC(C)(C)OC(=O)N1CCC(n2c(C(F)(F)F)nc3ccccc32)CC1. The minimum absolute atomic E-state index is 0.328. The molecule has 0 N–H and O–H groups in total. The third kappa shape index (κ3) is 3.78. The number of halogens is 3. The van der Waals surface area contributed by atoms with Crippen molar-refractivity contribution in [2.45, 2.75) is 51.4 Å². The molecule has 1 aromatic heterocycles. The molecule has 26 heavy (non-hydrogen) atoms. The fourth-order valence-electron chi connectivity index (χ4n) is 3.25. The monoisotopic (exact) mass is 369 g/mol. The number of ether oxygens (including phenoxy) is 1. The van der Waals surface area contributed by atoms with Gasteiger partial charge < -0.3 is 14.2 Å². The van der Waals surface area contributed by atoms with Crippen molar-refractivity contribution < 1.29 is 22.7 Å². The number of carbonyl (C=O) groups excluding carboxylic acids is 1. The maximum Gasteiger partial charge on any atom is 0.449 e. The quantitative estimate of drug-likeness (QED) is 0.736. The van der Waals surface area contributed by atoms with Gasteiger partial charge in [0.05, 0.1) is 11.0 Å². The molecular weight excluding hydrogens is 347 g/mol. The first-order chi connectivity index (χ1) is 12.1. The zero-order valence-electron chi connectivity index (χ0n) is 15.0. The Morgan fingerprint density at radius 1 is 1.15 bits per heavy atom. The van der Waals surface area contributed by atoms with Gasteiger partial charge in [0.15, 0.2) is 0 Å². The number of carbonyl (C=O) groups is 1. The number of hydrogen-bond donors (Lipinski definition) is 0. The maximum absolute atomic E-state index is 13.5. The lowest BCUT2D eigenvalue weighted by atomic mass is 10.0. The van der Waals surface area contributed by atoms with E-state index in [2.05, 4.69) is 4.98 Å². The topological polar surface area (TPSA) is 47.4 Å². The number of alkyl halides is 3. The summed E-state index contributed by atoms with van der Waals surface area (Å²) in [7, 11) is 0. The molecule has 0 atom stereocenters. The Balaban J connectivity index is 1.83. The number of piperidine rings is 1. The van der Waals surface area contributed by atoms with E-state index in [-0.39, 0.29) is 6.04 Å². The maximum atomic E-state index is 13.5. The lowest BCUT2D eigenvalue weighted by molar-refractivity contribution is -0.148. The second kappa shape index (κ2) is 6.48. The summed E-state index contributed by atoms with van der Waals surface area (Å²) in [6.45, 7) is 6.05. The summed E-state index contributed by atoms with van der Waals surface area (Å²) in [6, 6.07) is 6.24. The van der Waals surface area contributed by atoms with Crippen LogP contribution in [0.25, 0.3) is 11.0 Å². The number of amides is 1. The molecule has 0 spiro atoms. The summed E-state index contributed by atoms with van der Waals surface area (Å²) in [4.78, 5) is 17.5. The number of aromatic nitrogens is 2. The van der Waals surface area contributed by atoms with Crippen molar-refractivity contribution in [3.8, 4) is 0 Å². The highest BCUT2D eigenvalue weighted by molar-refractivity contribution is 5.76. The Labute approximate surface area is 149 Å². The van der Waals surface area contributed by atoms with Gasteiger partial charge in [0.25, 0.3) is 0 Å². The molecule has 3 rings (SSSR count). The second-order valence-corrected chi connectivity index (χ2v) is 7.49. The van der Waals surface area contributed by atoms with Gasteiger partial charge in [-0.2, -0.15) is 13.2 Å². The smallest absolute Gasteiger partial charge is 0.444 e. The van der Waals surface area contributed by atoms with E-state index in [1.54, 1.807) is 49.9 Å². The zero-order chi connectivity index (χ0) is 19.1. The van der Waals surface area contributed by atoms with Crippen LogP contribution in [0.3, 0.4) is 0 Å². The van der Waals surface area contributed by atoms with Crippen molar-refractivity contribution in [1.82, 2.24) is 14.5 Å². The summed E-state index contributed by atoms with van der Waals surface area (Å²) >= 11 is 0. The molecule has 142 valence electrons. The minimum Gasteiger partial charge on any atom is -0.444 e. The van der Waals surface area contributed by atoms with E-state index in [0.29, 0.717) is 37.0 Å². The minimum atomic E-state index is -4.53. The fourth-order valence-corrected chi connectivity index (χ4v) is 3.25. The van der Waals surface area contributed by atoms with Gasteiger partial charge in [0.2, 0.25) is 5.82 Å². The summed E-state index contributed by atoms with van der Waals surface area (Å²) in [5, 5.41) is 0. The predicted octanol–water partition coefficient (Wildman–Crippen LogP) is 4.63. The molecule has 8 heteroatoms. The fraction of sp³-hybridized carbons (Fsp3) is 0.556. The van der Waals surface area contributed by atoms with Crippen LogP contribution >= 0.6 is 0 Å². The van der Waals surface area contributed by atoms with E-state index in [9.17, 15) is 18.0 Å². The van der Waals surface area contributed by atoms with Gasteiger partial charge in [-0.25, -0.2) is 9.78 Å². The van der Waals surface area contributed by atoms with Crippen molar-refractivity contribution in [3.63, 3.8) is 0 Å². The molecule has 1 saturated heterocycles. The van der Waals surface area contributed by atoms with E-state index in [1.807, 2.05) is 0 Å². The Bertz CT molecular complexity index is 800. The van der Waals surface area contributed by atoms with E-state index < -0.39 is 23.7 Å². The number of para-hydroxylation sites is 2. The van der Waals surface area contributed by atoms with Crippen molar-refractivity contribution in [3.05, 3.63) is 30.1 Å². The van der Waals surface area contributed by atoms with Gasteiger partial charge in [-0.1, -0.05) is 12.1 Å². The van der Waals surface area contributed by atoms with E-state index in [4.69, 9.17) is 4.74 Å². The average molecular weight is 369 g/mol. The number of likely N-dealkylation sites (tertiary alicyclic amines) is 1. The summed E-state index contributed by atoms with van der Waals surface area (Å²) in [5.41, 5.74) is 0.197. The molecule has 0 radical (unpaired) electrons. The van der Waals surface area contributed by atoms with Crippen LogP contribution < -0.4 is 0 Å². The van der Waals surface area contributed by atoms with Gasteiger partial charge >= 0.3 is 12.3 Å². The number of imidazole rings is 1. The van der Waals surface area contributed by atoms with E-state index in [1.165, 1.54) is 4.57 Å². The van der Waals surface area contributed by atoms with Crippen LogP contribution in [0.1, 0.15) is 45.5 Å². The molecule has 0 aliphatic carbocycles. The van der Waals surface area contributed by atoms with Gasteiger partial charge in [-0.05, 0) is 45.7 Å². The largest absolute Gasteiger partial charge is 0.449 e. The molecule has 0 bridgehead atoms. The lowest BCUT2D eigenvalue weighted by Gasteiger charge is -2.34. The van der Waals surface area contributed by atoms with Crippen molar-refractivity contribution in [2.24, 2.45) is 0 Å². The number of hydrogen-bond acceptors (Lipinski definition) is 3. The molecule has 1 amide bonds. The highest BCUT2D eigenvalue weighted by atomic mass is 19.4. The first-order valence-electron chi connectivity index (χ1n) is 8.58. The van der Waals surface area contributed by atoms with Crippen LogP contribution in [0.2, 0.25) is 0 Å². The molecule has 2 heterocycles. The Morgan fingerprint density at radius 3 is 2.35 bits per heavy atom. The average Bonchev–Trinajstić information content (AvgIpc) is 2.93. The van der Waals surface area contributed by atoms with Crippen molar-refractivity contribution >= 4 is 17.1 Å². The van der Waals surface area contributed by atoms with Crippen LogP contribution in [0.4, 0.5) is 18.0 Å². The molecule has 1 aromatic carbocycles. The molecule has 5 nitrogen and oxygen atoms in total.